The fourth-order valence-corrected chi connectivity index (χ4v) is 3.98. The first-order chi connectivity index (χ1) is 17.4. The van der Waals surface area contributed by atoms with Crippen molar-refractivity contribution in [2.24, 2.45) is 0 Å². The SMILES string of the molecule is CC(C)(C)OC(=O)N1C[C@H](O)[C@H](NC(=O)c2cc(-c3ccc(Cl)cc3)nn(-c3cccc(F)c3)c2=O)C1. The third-order valence-electron chi connectivity index (χ3n) is 5.61. The minimum absolute atomic E-state index is 0.00493. The number of likely N-dealkylation sites (tertiary alicyclic amines) is 1. The summed E-state index contributed by atoms with van der Waals surface area (Å²) in [6, 6.07) is 12.4. The van der Waals surface area contributed by atoms with Gasteiger partial charge in [0.05, 0.1) is 30.1 Å². The number of amides is 2. The summed E-state index contributed by atoms with van der Waals surface area (Å²) >= 11 is 5.99. The van der Waals surface area contributed by atoms with Crippen LogP contribution in [-0.2, 0) is 4.74 Å². The van der Waals surface area contributed by atoms with E-state index < -0.39 is 41.1 Å². The average Bonchev–Trinajstić information content (AvgIpc) is 3.19. The molecule has 0 bridgehead atoms. The van der Waals surface area contributed by atoms with E-state index in [1.54, 1.807) is 45.0 Å². The molecule has 1 aliphatic rings. The van der Waals surface area contributed by atoms with E-state index in [2.05, 4.69) is 10.4 Å². The second-order valence-corrected chi connectivity index (χ2v) is 10.1. The van der Waals surface area contributed by atoms with Crippen molar-refractivity contribution in [1.29, 1.82) is 0 Å². The summed E-state index contributed by atoms with van der Waals surface area (Å²) in [5.74, 6) is -1.35. The van der Waals surface area contributed by atoms with Crippen LogP contribution in [0, 0.1) is 5.82 Å². The van der Waals surface area contributed by atoms with Crippen molar-refractivity contribution in [3.05, 3.63) is 81.4 Å². The molecule has 3 aromatic rings. The highest BCUT2D eigenvalue weighted by atomic mass is 35.5. The number of ether oxygens (including phenoxy) is 1. The minimum atomic E-state index is -1.07. The summed E-state index contributed by atoms with van der Waals surface area (Å²) in [5.41, 5.74) is -0.801. The van der Waals surface area contributed by atoms with E-state index in [0.29, 0.717) is 10.6 Å². The highest BCUT2D eigenvalue weighted by molar-refractivity contribution is 6.30. The number of carbonyl (C=O) groups excluding carboxylic acids is 2. The molecular weight excluding hydrogens is 503 g/mol. The van der Waals surface area contributed by atoms with Crippen molar-refractivity contribution < 1.29 is 23.8 Å². The Morgan fingerprint density at radius 1 is 1.14 bits per heavy atom. The van der Waals surface area contributed by atoms with Crippen molar-refractivity contribution in [2.45, 2.75) is 38.5 Å². The number of benzene rings is 2. The molecule has 2 aromatic carbocycles. The smallest absolute Gasteiger partial charge is 0.410 e. The van der Waals surface area contributed by atoms with Crippen molar-refractivity contribution >= 4 is 23.6 Å². The van der Waals surface area contributed by atoms with Gasteiger partial charge in [0.15, 0.2) is 0 Å². The fraction of sp³-hybridized carbons (Fsp3) is 0.308. The molecule has 4 rings (SSSR count). The Morgan fingerprint density at radius 2 is 1.84 bits per heavy atom. The molecule has 0 unspecified atom stereocenters. The molecule has 0 saturated carbocycles. The molecule has 0 radical (unpaired) electrons. The molecule has 194 valence electrons. The Morgan fingerprint density at radius 3 is 2.49 bits per heavy atom. The van der Waals surface area contributed by atoms with E-state index in [9.17, 15) is 23.9 Å². The molecule has 11 heteroatoms. The van der Waals surface area contributed by atoms with E-state index >= 15 is 0 Å². The second kappa shape index (κ2) is 10.3. The molecule has 37 heavy (non-hydrogen) atoms. The summed E-state index contributed by atoms with van der Waals surface area (Å²) in [4.78, 5) is 40.2. The number of rotatable bonds is 4. The molecule has 1 fully saturated rings. The summed E-state index contributed by atoms with van der Waals surface area (Å²) in [6.07, 6.45) is -1.69. The molecule has 2 amide bonds. The number of hydrogen-bond acceptors (Lipinski definition) is 6. The van der Waals surface area contributed by atoms with Crippen LogP contribution in [0.15, 0.2) is 59.4 Å². The minimum Gasteiger partial charge on any atom is -0.444 e. The van der Waals surface area contributed by atoms with Crippen molar-refractivity contribution in [3.8, 4) is 16.9 Å². The number of aromatic nitrogens is 2. The Bertz CT molecular complexity index is 1390. The molecule has 2 heterocycles. The third kappa shape index (κ3) is 6.15. The largest absolute Gasteiger partial charge is 0.444 e. The molecule has 1 saturated heterocycles. The zero-order valence-electron chi connectivity index (χ0n) is 20.4. The van der Waals surface area contributed by atoms with Gasteiger partial charge in [-0.3, -0.25) is 9.59 Å². The van der Waals surface area contributed by atoms with E-state index in [0.717, 1.165) is 10.7 Å². The lowest BCUT2D eigenvalue weighted by atomic mass is 10.1. The Hall–Kier alpha value is -3.76. The first-order valence-electron chi connectivity index (χ1n) is 11.5. The van der Waals surface area contributed by atoms with E-state index in [4.69, 9.17) is 16.3 Å². The molecule has 9 nitrogen and oxygen atoms in total. The molecule has 2 atom stereocenters. The quantitative estimate of drug-likeness (QED) is 0.536. The number of halogens is 2. The molecule has 2 N–H and O–H groups in total. The lowest BCUT2D eigenvalue weighted by Gasteiger charge is -2.24. The summed E-state index contributed by atoms with van der Waals surface area (Å²) in [7, 11) is 0. The standard InChI is InChI=1S/C26H26ClFN4O5/c1-26(2,3)37-25(36)31-13-21(22(33)14-31)29-23(34)19-12-20(15-7-9-16(27)10-8-15)30-32(24(19)35)18-6-4-5-17(28)11-18/h4-12,21-22,33H,13-14H2,1-3H3,(H,29,34)/t21-,22+/m1/s1. The van der Waals surface area contributed by atoms with Gasteiger partial charge in [-0.2, -0.15) is 9.78 Å². The van der Waals surface area contributed by atoms with Gasteiger partial charge in [-0.1, -0.05) is 29.8 Å². The van der Waals surface area contributed by atoms with E-state index in [1.807, 2.05) is 0 Å². The van der Waals surface area contributed by atoms with E-state index in [-0.39, 0.29) is 30.0 Å². The Balaban J connectivity index is 1.67. The van der Waals surface area contributed by atoms with Crippen LogP contribution in [0.2, 0.25) is 5.02 Å². The number of hydrogen-bond donors (Lipinski definition) is 2. The maximum Gasteiger partial charge on any atom is 0.410 e. The van der Waals surface area contributed by atoms with Crippen LogP contribution in [0.1, 0.15) is 31.1 Å². The molecule has 0 aliphatic carbocycles. The lowest BCUT2D eigenvalue weighted by Crippen LogP contribution is -2.45. The molecule has 1 aliphatic heterocycles. The Labute approximate surface area is 217 Å². The van der Waals surface area contributed by atoms with Gasteiger partial charge in [-0.15, -0.1) is 0 Å². The van der Waals surface area contributed by atoms with Gasteiger partial charge in [0.1, 0.15) is 17.0 Å². The van der Waals surface area contributed by atoms with Gasteiger partial charge >= 0.3 is 6.09 Å². The second-order valence-electron chi connectivity index (χ2n) is 9.68. The predicted octanol–water partition coefficient (Wildman–Crippen LogP) is 3.40. The summed E-state index contributed by atoms with van der Waals surface area (Å²) in [6.45, 7) is 5.13. The summed E-state index contributed by atoms with van der Waals surface area (Å²) < 4.78 is 20.2. The average molecular weight is 529 g/mol. The molecular formula is C26H26ClFN4O5. The van der Waals surface area contributed by atoms with Gasteiger partial charge in [0, 0.05) is 17.1 Å². The Kier molecular flexibility index (Phi) is 7.33. The van der Waals surface area contributed by atoms with Crippen LogP contribution in [0.4, 0.5) is 9.18 Å². The van der Waals surface area contributed by atoms with Gasteiger partial charge in [-0.25, -0.2) is 9.18 Å². The monoisotopic (exact) mass is 528 g/mol. The van der Waals surface area contributed by atoms with E-state index in [1.165, 1.54) is 29.2 Å². The van der Waals surface area contributed by atoms with Crippen molar-refractivity contribution in [2.75, 3.05) is 13.1 Å². The van der Waals surface area contributed by atoms with Crippen LogP contribution >= 0.6 is 11.6 Å². The number of nitrogens with zero attached hydrogens (tertiary/aromatic N) is 3. The van der Waals surface area contributed by atoms with Crippen LogP contribution in [-0.4, -0.2) is 62.6 Å². The maximum absolute atomic E-state index is 13.9. The number of aliphatic hydroxyl groups is 1. The summed E-state index contributed by atoms with van der Waals surface area (Å²) in [5, 5.41) is 17.9. The number of nitrogens with one attached hydrogen (secondary N) is 1. The van der Waals surface area contributed by atoms with Crippen LogP contribution in [0.5, 0.6) is 0 Å². The first-order valence-corrected chi connectivity index (χ1v) is 11.9. The van der Waals surface area contributed by atoms with Gasteiger partial charge < -0.3 is 20.1 Å². The maximum atomic E-state index is 13.9. The topological polar surface area (TPSA) is 114 Å². The first kappa shape index (κ1) is 26.3. The molecule has 1 aromatic heterocycles. The normalized spacial score (nSPS) is 17.5. The van der Waals surface area contributed by atoms with Crippen molar-refractivity contribution in [1.82, 2.24) is 20.0 Å². The molecule has 0 spiro atoms. The third-order valence-corrected chi connectivity index (χ3v) is 5.86. The van der Waals surface area contributed by atoms with Gasteiger partial charge in [0.2, 0.25) is 0 Å². The highest BCUT2D eigenvalue weighted by Crippen LogP contribution is 2.21. The zero-order chi connectivity index (χ0) is 26.9. The van der Waals surface area contributed by atoms with Crippen LogP contribution in [0.25, 0.3) is 16.9 Å². The van der Waals surface area contributed by atoms with Crippen molar-refractivity contribution in [3.63, 3.8) is 0 Å². The highest BCUT2D eigenvalue weighted by Gasteiger charge is 2.37. The number of aliphatic hydroxyl groups excluding tert-OH is 1. The lowest BCUT2D eigenvalue weighted by molar-refractivity contribution is 0.0269. The zero-order valence-corrected chi connectivity index (χ0v) is 21.2. The van der Waals surface area contributed by atoms with Crippen LogP contribution < -0.4 is 10.9 Å². The number of carbonyl (C=O) groups is 2. The number of β-amino-alcohol motifs (C(OH)–C–C–N with tert-alkyl or cyclic N) is 1. The van der Waals surface area contributed by atoms with Gasteiger partial charge in [-0.05, 0) is 57.2 Å². The fourth-order valence-electron chi connectivity index (χ4n) is 3.85. The van der Waals surface area contributed by atoms with Crippen LogP contribution in [0.3, 0.4) is 0 Å². The predicted molar refractivity (Wildman–Crippen MR) is 135 cm³/mol. The van der Waals surface area contributed by atoms with Gasteiger partial charge in [0.25, 0.3) is 11.5 Å².